The highest BCUT2D eigenvalue weighted by atomic mass is 19.1. The average molecular weight is 1030 g/mol. The molecule has 3 aliphatic carbocycles. The fraction of sp³-hybridized carbons (Fsp3) is 0.333. The van der Waals surface area contributed by atoms with Gasteiger partial charge in [0.25, 0.3) is 6.71 Å². The zero-order chi connectivity index (χ0) is 58.0. The lowest BCUT2D eigenvalue weighted by atomic mass is 9.33. The van der Waals surface area contributed by atoms with Crippen molar-refractivity contribution in [2.45, 2.75) is 153 Å². The molecule has 1 fully saturated rings. The van der Waals surface area contributed by atoms with Crippen molar-refractivity contribution in [3.63, 3.8) is 0 Å². The van der Waals surface area contributed by atoms with Crippen LogP contribution in [-0.4, -0.2) is 12.3 Å². The van der Waals surface area contributed by atoms with E-state index in [9.17, 15) is 2.74 Å². The summed E-state index contributed by atoms with van der Waals surface area (Å²) in [5.74, 6) is -0.258. The van der Waals surface area contributed by atoms with E-state index >= 15 is 4.39 Å². The molecular weight excluding hydrogens is 953 g/mol. The molecule has 0 spiro atoms. The van der Waals surface area contributed by atoms with Crippen LogP contribution >= 0.6 is 0 Å². The van der Waals surface area contributed by atoms with Gasteiger partial charge in [-0.2, -0.15) is 0 Å². The third kappa shape index (κ3) is 6.52. The molecule has 390 valence electrons. The first-order valence-electron chi connectivity index (χ1n) is 31.2. The van der Waals surface area contributed by atoms with Crippen LogP contribution in [0.15, 0.2) is 156 Å². The monoisotopic (exact) mass is 1030 g/mol. The van der Waals surface area contributed by atoms with Crippen LogP contribution in [-0.2, 0) is 27.1 Å². The summed E-state index contributed by atoms with van der Waals surface area (Å²) in [5, 5.41) is 1.95. The molecule has 3 aliphatic heterocycles. The molecule has 6 aliphatic rings. The number of hydrogen-bond acceptors (Lipinski definition) is 4. The first kappa shape index (κ1) is 42.9. The van der Waals surface area contributed by atoms with Gasteiger partial charge in [-0.15, -0.1) is 0 Å². The molecule has 0 saturated heterocycles. The number of rotatable bonds is 5. The fourth-order valence-electron chi connectivity index (χ4n) is 16.0. The lowest BCUT2D eigenvalue weighted by molar-refractivity contribution is 0.195. The van der Waals surface area contributed by atoms with Crippen LogP contribution in [0.4, 0.5) is 49.9 Å². The van der Waals surface area contributed by atoms with Crippen LogP contribution in [0.5, 0.6) is 0 Å². The Morgan fingerprint density at radius 3 is 1.81 bits per heavy atom. The van der Waals surface area contributed by atoms with E-state index in [1.165, 1.54) is 22.3 Å². The van der Waals surface area contributed by atoms with Crippen molar-refractivity contribution >= 4 is 90.5 Å². The highest BCUT2D eigenvalue weighted by Crippen LogP contribution is 2.63. The predicted molar refractivity (Wildman–Crippen MR) is 327 cm³/mol. The molecule has 2 atom stereocenters. The molecule has 1 saturated carbocycles. The summed E-state index contributed by atoms with van der Waals surface area (Å²) in [5.41, 5.74) is 17.9. The number of fused-ring (bicyclic) bond motifs is 12. The van der Waals surface area contributed by atoms with Crippen molar-refractivity contribution in [3.8, 4) is 11.1 Å². The molecule has 2 unspecified atom stereocenters. The molecule has 1 aromatic heterocycles. The van der Waals surface area contributed by atoms with Gasteiger partial charge in [0.2, 0.25) is 0 Å². The van der Waals surface area contributed by atoms with Crippen LogP contribution in [0.1, 0.15) is 155 Å². The Balaban J connectivity index is 1.07. The summed E-state index contributed by atoms with van der Waals surface area (Å²) in [6, 6.07) is 41.6. The summed E-state index contributed by atoms with van der Waals surface area (Å²) in [7, 11) is 0. The lowest BCUT2D eigenvalue weighted by Gasteiger charge is -2.53. The van der Waals surface area contributed by atoms with Crippen LogP contribution in [0.2, 0.25) is 0 Å². The second kappa shape index (κ2) is 16.1. The Labute approximate surface area is 468 Å². The van der Waals surface area contributed by atoms with E-state index in [0.29, 0.717) is 11.1 Å². The molecule has 15 rings (SSSR count). The number of furan rings is 1. The first-order valence-corrected chi connectivity index (χ1v) is 28.7. The minimum Gasteiger partial charge on any atom is -0.454 e. The third-order valence-electron chi connectivity index (χ3n) is 20.8. The van der Waals surface area contributed by atoms with Gasteiger partial charge in [-0.25, -0.2) is 4.39 Å². The second-order valence-corrected chi connectivity index (χ2v) is 27.1. The second-order valence-electron chi connectivity index (χ2n) is 27.1. The first-order chi connectivity index (χ1) is 39.3. The molecular formula is C72H71BFN3O. The smallest absolute Gasteiger partial charge is 0.252 e. The van der Waals surface area contributed by atoms with E-state index < -0.39 is 23.7 Å². The van der Waals surface area contributed by atoms with E-state index in [4.69, 9.17) is 8.53 Å². The van der Waals surface area contributed by atoms with E-state index in [2.05, 4.69) is 169 Å². The molecule has 4 nitrogen and oxygen atoms in total. The maximum absolute atomic E-state index is 17.1. The minimum atomic E-state index is -0.487. The number of nitrogens with zero attached hydrogens (tertiary/aromatic N) is 3. The van der Waals surface area contributed by atoms with Gasteiger partial charge in [-0.1, -0.05) is 154 Å². The Morgan fingerprint density at radius 2 is 1.12 bits per heavy atom. The molecule has 0 radical (unpaired) electrons. The maximum atomic E-state index is 17.1. The Hall–Kier alpha value is -7.05. The van der Waals surface area contributed by atoms with E-state index in [1.54, 1.807) is 12.1 Å². The maximum Gasteiger partial charge on any atom is 0.252 e. The van der Waals surface area contributed by atoms with Crippen molar-refractivity contribution in [2.75, 3.05) is 14.7 Å². The SMILES string of the molecule is [2H]c1c([2H])c([2H])c(-c2cc3c4c(c2)N2c5c(cc(F)cc5C5(C)CCCCC25C)B4c2ccc(N(c4ccc5c(c4)C(C)(C)CCC5(C)C)c4ccc5c(c4)C(C)(C)CCC5(C)C)cc2N3c2cccc3c2oc2ccccc23)c([2H])c1[2H]. The molecule has 0 amide bonds. The van der Waals surface area contributed by atoms with Gasteiger partial charge in [0, 0.05) is 56.0 Å². The van der Waals surface area contributed by atoms with Crippen molar-refractivity contribution < 1.29 is 15.7 Å². The van der Waals surface area contributed by atoms with Gasteiger partial charge < -0.3 is 19.1 Å². The van der Waals surface area contributed by atoms with Crippen molar-refractivity contribution in [1.29, 1.82) is 0 Å². The number of anilines is 8. The van der Waals surface area contributed by atoms with E-state index in [1.807, 2.05) is 24.3 Å². The Morgan fingerprint density at radius 1 is 0.513 bits per heavy atom. The van der Waals surface area contributed by atoms with Crippen LogP contribution in [0.3, 0.4) is 0 Å². The van der Waals surface area contributed by atoms with E-state index in [-0.39, 0.29) is 57.2 Å². The van der Waals surface area contributed by atoms with Crippen LogP contribution in [0.25, 0.3) is 33.1 Å². The van der Waals surface area contributed by atoms with Crippen molar-refractivity contribution in [1.82, 2.24) is 0 Å². The highest BCUT2D eigenvalue weighted by Gasteiger charge is 2.61. The van der Waals surface area contributed by atoms with Gasteiger partial charge in [-0.3, -0.25) is 0 Å². The molecule has 8 aromatic carbocycles. The summed E-state index contributed by atoms with van der Waals surface area (Å²) in [6.45, 7) is 23.3. The molecule has 0 bridgehead atoms. The van der Waals surface area contributed by atoms with Gasteiger partial charge >= 0.3 is 0 Å². The molecule has 78 heavy (non-hydrogen) atoms. The number of benzene rings is 8. The minimum absolute atomic E-state index is 0.0131. The normalized spacial score (nSPS) is 23.2. The van der Waals surface area contributed by atoms with Crippen molar-refractivity contribution in [3.05, 3.63) is 185 Å². The lowest BCUT2D eigenvalue weighted by Crippen LogP contribution is -2.64. The quantitative estimate of drug-likeness (QED) is 0.160. The summed E-state index contributed by atoms with van der Waals surface area (Å²) in [6.07, 6.45) is 8.14. The van der Waals surface area contributed by atoms with Gasteiger partial charge in [0.05, 0.1) is 18.1 Å². The third-order valence-corrected chi connectivity index (χ3v) is 20.8. The zero-order valence-corrected chi connectivity index (χ0v) is 46.9. The Bertz CT molecular complexity index is 4240. The fourth-order valence-corrected chi connectivity index (χ4v) is 16.0. The van der Waals surface area contributed by atoms with Gasteiger partial charge in [0.15, 0.2) is 5.58 Å². The largest absolute Gasteiger partial charge is 0.454 e. The number of hydrogen-bond donors (Lipinski definition) is 0. The van der Waals surface area contributed by atoms with Crippen molar-refractivity contribution in [2.24, 2.45) is 0 Å². The highest BCUT2D eigenvalue weighted by molar-refractivity contribution is 7.00. The summed E-state index contributed by atoms with van der Waals surface area (Å²) < 4.78 is 70.0. The van der Waals surface area contributed by atoms with Gasteiger partial charge in [0.1, 0.15) is 11.4 Å². The summed E-state index contributed by atoms with van der Waals surface area (Å²) >= 11 is 0. The summed E-state index contributed by atoms with van der Waals surface area (Å²) in [4.78, 5) is 7.26. The number of halogens is 1. The van der Waals surface area contributed by atoms with Crippen LogP contribution < -0.4 is 31.1 Å². The molecule has 6 heteroatoms. The van der Waals surface area contributed by atoms with Crippen LogP contribution in [0, 0.1) is 5.82 Å². The predicted octanol–water partition coefficient (Wildman–Crippen LogP) is 17.9. The van der Waals surface area contributed by atoms with Gasteiger partial charge in [-0.05, 0) is 195 Å². The van der Waals surface area contributed by atoms with E-state index in [0.717, 1.165) is 135 Å². The topological polar surface area (TPSA) is 22.9 Å². The molecule has 0 N–H and O–H groups in total. The standard InChI is InChI=1S/C72H71BFN3O/c1-67(2)33-35-69(5,6)54-41-47(25-28-52(54)67)75(48-26-29-53-55(42-48)70(7,8)36-34-68(53,3)4)49-27-30-57-60(43-49)76(59-23-18-22-51-50-21-14-15-24-63(50)78-66(51)59)61-37-45(44-19-12-11-13-20-44)38-62-64(61)73(57)58-40-46(74)39-56-65(58)77(62)72(10)32-17-16-31-71(56,72)9/h11-15,18-30,37-43H,16-17,31-36H2,1-10H3/i11D,12D,13D,19D,20D. The average Bonchev–Trinajstić information content (AvgIpc) is 2.56. The molecule has 9 aromatic rings. The Kier molecular flexibility index (Phi) is 8.83. The molecule has 4 heterocycles. The number of para-hydroxylation sites is 2. The zero-order valence-electron chi connectivity index (χ0n) is 51.9.